The van der Waals surface area contributed by atoms with Crippen LogP contribution < -0.4 is 5.32 Å². The number of amides is 1. The van der Waals surface area contributed by atoms with Crippen molar-refractivity contribution in [3.63, 3.8) is 0 Å². The van der Waals surface area contributed by atoms with Crippen LogP contribution in [0.3, 0.4) is 0 Å². The Morgan fingerprint density at radius 3 is 2.75 bits per heavy atom. The number of benzene rings is 2. The zero-order valence-electron chi connectivity index (χ0n) is 12.6. The molecule has 0 spiro atoms. The van der Waals surface area contributed by atoms with Gasteiger partial charge in [-0.05, 0) is 12.1 Å². The normalized spacial score (nSPS) is 10.6. The highest BCUT2D eigenvalue weighted by molar-refractivity contribution is 6.31. The number of aryl methyl sites for hydroxylation is 1. The van der Waals surface area contributed by atoms with Gasteiger partial charge in [-0.15, -0.1) is 0 Å². The number of hydrogen-bond acceptors (Lipinski definition) is 3. The summed E-state index contributed by atoms with van der Waals surface area (Å²) in [5, 5.41) is 2.46. The van der Waals surface area contributed by atoms with Crippen LogP contribution in [-0.2, 0) is 11.2 Å². The van der Waals surface area contributed by atoms with E-state index >= 15 is 0 Å². The molecule has 0 aliphatic rings. The minimum Gasteiger partial charge on any atom is -0.441 e. The molecule has 0 bridgehead atoms. The molecule has 3 rings (SSSR count). The molecule has 2 aromatic carbocycles. The number of anilines is 1. The van der Waals surface area contributed by atoms with Crippen LogP contribution in [0.4, 0.5) is 10.1 Å². The second-order valence-electron chi connectivity index (χ2n) is 5.13. The Morgan fingerprint density at radius 2 is 1.96 bits per heavy atom. The summed E-state index contributed by atoms with van der Waals surface area (Å²) in [6, 6.07) is 14.0. The first-order chi connectivity index (χ1) is 11.6. The molecule has 1 N–H and O–H groups in total. The smallest absolute Gasteiger partial charge is 0.224 e. The van der Waals surface area contributed by atoms with E-state index in [1.807, 2.05) is 30.3 Å². The highest BCUT2D eigenvalue weighted by atomic mass is 35.5. The Balaban J connectivity index is 1.59. The number of hydrogen-bond donors (Lipinski definition) is 1. The third-order valence-electron chi connectivity index (χ3n) is 3.40. The van der Waals surface area contributed by atoms with Gasteiger partial charge in [0, 0.05) is 18.4 Å². The summed E-state index contributed by atoms with van der Waals surface area (Å²) in [5.41, 5.74) is 0.978. The summed E-state index contributed by atoms with van der Waals surface area (Å²) in [6.07, 6.45) is 2.07. The number of nitrogens with zero attached hydrogens (tertiary/aromatic N) is 1. The fourth-order valence-electron chi connectivity index (χ4n) is 2.20. The predicted octanol–water partition coefficient (Wildman–Crippen LogP) is 4.71. The molecule has 1 heterocycles. The van der Waals surface area contributed by atoms with Crippen LogP contribution in [0, 0.1) is 5.82 Å². The van der Waals surface area contributed by atoms with Crippen molar-refractivity contribution in [3.05, 3.63) is 71.5 Å². The van der Waals surface area contributed by atoms with E-state index in [-0.39, 0.29) is 23.0 Å². The van der Waals surface area contributed by atoms with E-state index < -0.39 is 5.82 Å². The molecule has 0 saturated heterocycles. The van der Waals surface area contributed by atoms with Gasteiger partial charge in [0.15, 0.2) is 17.5 Å². The van der Waals surface area contributed by atoms with E-state index in [1.165, 1.54) is 12.1 Å². The van der Waals surface area contributed by atoms with Gasteiger partial charge in [0.1, 0.15) is 0 Å². The van der Waals surface area contributed by atoms with Gasteiger partial charge in [-0.2, -0.15) is 0 Å². The van der Waals surface area contributed by atoms with Crippen molar-refractivity contribution in [1.29, 1.82) is 0 Å². The number of carbonyl (C=O) groups is 1. The molecule has 3 aromatic rings. The molecule has 0 aliphatic heterocycles. The van der Waals surface area contributed by atoms with Crippen molar-refractivity contribution in [1.82, 2.24) is 4.98 Å². The Bertz CT molecular complexity index is 849. The van der Waals surface area contributed by atoms with Gasteiger partial charge in [-0.1, -0.05) is 48.0 Å². The molecule has 0 atom stereocenters. The average Bonchev–Trinajstić information content (AvgIpc) is 3.07. The van der Waals surface area contributed by atoms with E-state index in [2.05, 4.69) is 10.3 Å². The highest BCUT2D eigenvalue weighted by Gasteiger charge is 2.12. The lowest BCUT2D eigenvalue weighted by Crippen LogP contribution is -2.13. The first-order valence-electron chi connectivity index (χ1n) is 7.37. The maximum absolute atomic E-state index is 13.7. The number of oxazole rings is 1. The fraction of sp³-hybridized carbons (Fsp3) is 0.111. The van der Waals surface area contributed by atoms with Crippen LogP contribution in [0.2, 0.25) is 5.02 Å². The maximum atomic E-state index is 13.7. The van der Waals surface area contributed by atoms with Crippen LogP contribution in [0.5, 0.6) is 0 Å². The lowest BCUT2D eigenvalue weighted by atomic mass is 10.2. The second-order valence-corrected chi connectivity index (χ2v) is 5.54. The Morgan fingerprint density at radius 1 is 1.17 bits per heavy atom. The molecule has 6 heteroatoms. The lowest BCUT2D eigenvalue weighted by Gasteiger charge is -2.06. The quantitative estimate of drug-likeness (QED) is 0.729. The second kappa shape index (κ2) is 7.27. The van der Waals surface area contributed by atoms with Crippen molar-refractivity contribution in [2.24, 2.45) is 0 Å². The summed E-state index contributed by atoms with van der Waals surface area (Å²) in [5.74, 6) is 0.119. The Kier molecular flexibility index (Phi) is 4.91. The van der Waals surface area contributed by atoms with Crippen molar-refractivity contribution in [3.8, 4) is 11.3 Å². The molecular weight excluding hydrogens is 331 g/mol. The molecule has 0 radical (unpaired) electrons. The van der Waals surface area contributed by atoms with Crippen molar-refractivity contribution >= 4 is 23.2 Å². The van der Waals surface area contributed by atoms with E-state index in [4.69, 9.17) is 16.0 Å². The van der Waals surface area contributed by atoms with Gasteiger partial charge >= 0.3 is 0 Å². The topological polar surface area (TPSA) is 55.1 Å². The number of rotatable bonds is 5. The van der Waals surface area contributed by atoms with Crippen LogP contribution in [0.25, 0.3) is 11.3 Å². The summed E-state index contributed by atoms with van der Waals surface area (Å²) in [4.78, 5) is 16.1. The van der Waals surface area contributed by atoms with E-state index in [0.29, 0.717) is 18.1 Å². The maximum Gasteiger partial charge on any atom is 0.224 e. The Labute approximate surface area is 143 Å². The standard InChI is InChI=1S/C18H14ClFN2O2/c19-13-7-4-8-14(18(13)20)22-16(23)9-10-17-21-11-15(24-17)12-5-2-1-3-6-12/h1-8,11H,9-10H2,(H,22,23). The van der Waals surface area contributed by atoms with Gasteiger partial charge in [0.25, 0.3) is 0 Å². The molecule has 0 unspecified atom stereocenters. The van der Waals surface area contributed by atoms with Gasteiger partial charge < -0.3 is 9.73 Å². The fourth-order valence-corrected chi connectivity index (χ4v) is 2.37. The van der Waals surface area contributed by atoms with E-state index in [1.54, 1.807) is 12.3 Å². The van der Waals surface area contributed by atoms with E-state index in [9.17, 15) is 9.18 Å². The minimum atomic E-state index is -0.644. The monoisotopic (exact) mass is 344 g/mol. The predicted molar refractivity (Wildman–Crippen MR) is 90.3 cm³/mol. The minimum absolute atomic E-state index is 0.0343. The van der Waals surface area contributed by atoms with Gasteiger partial charge in [0.05, 0.1) is 16.9 Å². The summed E-state index contributed by atoms with van der Waals surface area (Å²) >= 11 is 5.68. The summed E-state index contributed by atoms with van der Waals surface area (Å²) < 4.78 is 19.4. The van der Waals surface area contributed by atoms with Crippen LogP contribution >= 0.6 is 11.6 Å². The molecular formula is C18H14ClFN2O2. The van der Waals surface area contributed by atoms with Crippen molar-refractivity contribution < 1.29 is 13.6 Å². The van der Waals surface area contributed by atoms with E-state index in [0.717, 1.165) is 5.56 Å². The first kappa shape index (κ1) is 16.2. The lowest BCUT2D eigenvalue weighted by molar-refractivity contribution is -0.116. The third-order valence-corrected chi connectivity index (χ3v) is 3.70. The zero-order valence-corrected chi connectivity index (χ0v) is 13.4. The number of carbonyl (C=O) groups excluding carboxylic acids is 1. The van der Waals surface area contributed by atoms with Crippen LogP contribution in [0.15, 0.2) is 59.1 Å². The van der Waals surface area contributed by atoms with Crippen molar-refractivity contribution in [2.75, 3.05) is 5.32 Å². The number of halogens is 2. The first-order valence-corrected chi connectivity index (χ1v) is 7.75. The SMILES string of the molecule is O=C(CCc1ncc(-c2ccccc2)o1)Nc1cccc(Cl)c1F. The van der Waals surface area contributed by atoms with Gasteiger partial charge in [-0.25, -0.2) is 9.37 Å². The average molecular weight is 345 g/mol. The largest absolute Gasteiger partial charge is 0.441 e. The third kappa shape index (κ3) is 3.81. The Hall–Kier alpha value is -2.66. The molecule has 1 amide bonds. The summed E-state index contributed by atoms with van der Waals surface area (Å²) in [6.45, 7) is 0. The molecule has 0 saturated carbocycles. The van der Waals surface area contributed by atoms with Crippen molar-refractivity contribution in [2.45, 2.75) is 12.8 Å². The zero-order chi connectivity index (χ0) is 16.9. The molecule has 1 aromatic heterocycles. The van der Waals surface area contributed by atoms with Crippen LogP contribution in [-0.4, -0.2) is 10.9 Å². The van der Waals surface area contributed by atoms with Gasteiger partial charge in [-0.3, -0.25) is 4.79 Å². The molecule has 24 heavy (non-hydrogen) atoms. The molecule has 4 nitrogen and oxygen atoms in total. The molecule has 122 valence electrons. The number of aromatic nitrogens is 1. The molecule has 0 aliphatic carbocycles. The highest BCUT2D eigenvalue weighted by Crippen LogP contribution is 2.23. The number of nitrogens with one attached hydrogen (secondary N) is 1. The van der Waals surface area contributed by atoms with Gasteiger partial charge in [0.2, 0.25) is 5.91 Å². The molecule has 0 fully saturated rings. The summed E-state index contributed by atoms with van der Waals surface area (Å²) in [7, 11) is 0. The van der Waals surface area contributed by atoms with Crippen LogP contribution in [0.1, 0.15) is 12.3 Å².